The Morgan fingerprint density at radius 2 is 1.63 bits per heavy atom. The van der Waals surface area contributed by atoms with Gasteiger partial charge in [-0.3, -0.25) is 4.79 Å². The second kappa shape index (κ2) is 9.94. The Bertz CT molecular complexity index is 942. The van der Waals surface area contributed by atoms with E-state index >= 15 is 0 Å². The molecule has 164 valence electrons. The highest BCUT2D eigenvalue weighted by Gasteiger charge is 2.30. The molecule has 0 unspecified atom stereocenters. The molecule has 0 saturated heterocycles. The summed E-state index contributed by atoms with van der Waals surface area (Å²) in [6, 6.07) is 10.2. The van der Waals surface area contributed by atoms with Crippen LogP contribution in [0.3, 0.4) is 0 Å². The van der Waals surface area contributed by atoms with Gasteiger partial charge >= 0.3 is 16.3 Å². The number of ether oxygens (including phenoxy) is 1. The monoisotopic (exact) mass is 445 g/mol. The van der Waals surface area contributed by atoms with Gasteiger partial charge in [-0.1, -0.05) is 12.1 Å². The summed E-state index contributed by atoms with van der Waals surface area (Å²) in [4.78, 5) is 14.4. The Labute approximate surface area is 173 Å². The second-order valence-electron chi connectivity index (χ2n) is 6.58. The summed E-state index contributed by atoms with van der Waals surface area (Å²) in [6.07, 6.45) is -3.01. The van der Waals surface area contributed by atoms with Gasteiger partial charge in [-0.2, -0.15) is 21.6 Å². The molecule has 0 aliphatic carbocycles. The molecule has 2 aromatic rings. The van der Waals surface area contributed by atoms with Gasteiger partial charge in [0.15, 0.2) is 0 Å². The van der Waals surface area contributed by atoms with E-state index in [0.29, 0.717) is 25.1 Å². The number of nitrogens with zero attached hydrogens (tertiary/aromatic N) is 1. The van der Waals surface area contributed by atoms with E-state index in [2.05, 4.69) is 0 Å². The fourth-order valence-corrected chi connectivity index (χ4v) is 3.14. The number of rotatable bonds is 9. The summed E-state index contributed by atoms with van der Waals surface area (Å²) < 4.78 is 70.4. The number of halogens is 3. The Hall–Kier alpha value is -2.59. The van der Waals surface area contributed by atoms with Gasteiger partial charge in [0.2, 0.25) is 0 Å². The van der Waals surface area contributed by atoms with Crippen LogP contribution in [0, 0.1) is 0 Å². The predicted molar refractivity (Wildman–Crippen MR) is 105 cm³/mol. The van der Waals surface area contributed by atoms with Gasteiger partial charge in [-0.15, -0.1) is 0 Å². The number of hydrogen-bond donors (Lipinski definition) is 0. The smallest absolute Gasteiger partial charge is 0.385 e. The van der Waals surface area contributed by atoms with Gasteiger partial charge in [0.05, 0.1) is 11.8 Å². The normalized spacial score (nSPS) is 11.9. The maximum absolute atomic E-state index is 12.9. The Kier molecular flexibility index (Phi) is 7.85. The van der Waals surface area contributed by atoms with Crippen molar-refractivity contribution in [2.45, 2.75) is 19.1 Å². The molecule has 1 amide bonds. The highest BCUT2D eigenvalue weighted by Crippen LogP contribution is 2.29. The molecule has 0 aromatic heterocycles. The van der Waals surface area contributed by atoms with Crippen LogP contribution in [0.4, 0.5) is 13.2 Å². The van der Waals surface area contributed by atoms with Crippen LogP contribution >= 0.6 is 0 Å². The molecule has 0 heterocycles. The third-order valence-corrected chi connectivity index (χ3v) is 4.56. The number of amides is 1. The van der Waals surface area contributed by atoms with Crippen molar-refractivity contribution in [3.8, 4) is 5.75 Å². The van der Waals surface area contributed by atoms with Crippen molar-refractivity contribution in [2.24, 2.45) is 0 Å². The summed E-state index contributed by atoms with van der Waals surface area (Å²) in [6.45, 7) is 0.927. The number of carbonyl (C=O) groups is 1. The van der Waals surface area contributed by atoms with Crippen LogP contribution in [0.25, 0.3) is 0 Å². The van der Waals surface area contributed by atoms with Crippen molar-refractivity contribution in [3.63, 3.8) is 0 Å². The first-order chi connectivity index (χ1) is 14.0. The highest BCUT2D eigenvalue weighted by molar-refractivity contribution is 7.86. The molecule has 30 heavy (non-hydrogen) atoms. The molecule has 10 heteroatoms. The van der Waals surface area contributed by atoms with Crippen molar-refractivity contribution in [2.75, 3.05) is 26.5 Å². The molecule has 0 fully saturated rings. The van der Waals surface area contributed by atoms with E-state index in [1.54, 1.807) is 12.1 Å². The number of carbonyl (C=O) groups excluding carboxylic acids is 1. The number of alkyl halides is 3. The van der Waals surface area contributed by atoms with Crippen molar-refractivity contribution in [1.29, 1.82) is 0 Å². The van der Waals surface area contributed by atoms with Crippen LogP contribution in [-0.2, 0) is 27.6 Å². The molecule has 0 spiro atoms. The lowest BCUT2D eigenvalue weighted by Gasteiger charge is -2.23. The van der Waals surface area contributed by atoms with Gasteiger partial charge in [-0.25, -0.2) is 0 Å². The molecule has 0 radical (unpaired) electrons. The van der Waals surface area contributed by atoms with Gasteiger partial charge < -0.3 is 13.8 Å². The van der Waals surface area contributed by atoms with E-state index in [4.69, 9.17) is 8.92 Å². The summed E-state index contributed by atoms with van der Waals surface area (Å²) in [5.74, 6) is -0.280. The largest absolute Gasteiger partial charge is 0.416 e. The van der Waals surface area contributed by atoms with E-state index in [0.717, 1.165) is 30.5 Å². The zero-order valence-electron chi connectivity index (χ0n) is 16.5. The topological polar surface area (TPSA) is 72.9 Å². The Balaban J connectivity index is 2.17. The van der Waals surface area contributed by atoms with E-state index in [1.165, 1.54) is 24.1 Å². The van der Waals surface area contributed by atoms with Gasteiger partial charge in [0.1, 0.15) is 5.75 Å². The van der Waals surface area contributed by atoms with Gasteiger partial charge in [0.25, 0.3) is 5.91 Å². The second-order valence-corrected chi connectivity index (χ2v) is 8.15. The maximum atomic E-state index is 12.9. The average molecular weight is 445 g/mol. The molecule has 0 aliphatic rings. The van der Waals surface area contributed by atoms with E-state index in [-0.39, 0.29) is 17.9 Å². The number of benzene rings is 2. The lowest BCUT2D eigenvalue weighted by Crippen LogP contribution is -2.32. The quantitative estimate of drug-likeness (QED) is 0.435. The van der Waals surface area contributed by atoms with Crippen molar-refractivity contribution < 1.29 is 35.3 Å². The lowest BCUT2D eigenvalue weighted by atomic mass is 10.1. The lowest BCUT2D eigenvalue weighted by molar-refractivity contribution is -0.137. The summed E-state index contributed by atoms with van der Waals surface area (Å²) in [5.41, 5.74) is 0.0115. The Morgan fingerprint density at radius 3 is 2.13 bits per heavy atom. The molecule has 2 aromatic carbocycles. The fraction of sp³-hybridized carbons (Fsp3) is 0.350. The molecule has 6 nitrogen and oxygen atoms in total. The zero-order chi connectivity index (χ0) is 22.4. The molecule has 0 atom stereocenters. The van der Waals surface area contributed by atoms with Gasteiger partial charge in [-0.05, 0) is 48.4 Å². The van der Waals surface area contributed by atoms with E-state index < -0.39 is 27.8 Å². The molecule has 0 N–H and O–H groups in total. The molecule has 0 aliphatic heterocycles. The number of methoxy groups -OCH3 is 1. The first-order valence-corrected chi connectivity index (χ1v) is 10.7. The van der Waals surface area contributed by atoms with Crippen LogP contribution in [-0.4, -0.2) is 45.7 Å². The van der Waals surface area contributed by atoms with Crippen LogP contribution in [0.1, 0.15) is 27.9 Å². The minimum Gasteiger partial charge on any atom is -0.385 e. The van der Waals surface area contributed by atoms with Crippen LogP contribution in [0.5, 0.6) is 5.75 Å². The standard InChI is InChI=1S/C20H22F3NO5S/c1-28-13-3-12-24(14-15-4-10-18(11-5-15)29-30(2,26)27)19(25)16-6-8-17(9-7-16)20(21,22)23/h4-11H,3,12-14H2,1-2H3. The van der Waals surface area contributed by atoms with E-state index in [9.17, 15) is 26.4 Å². The van der Waals surface area contributed by atoms with Gasteiger partial charge in [0, 0.05) is 32.4 Å². The van der Waals surface area contributed by atoms with Crippen LogP contribution < -0.4 is 4.18 Å². The van der Waals surface area contributed by atoms with Crippen LogP contribution in [0.2, 0.25) is 0 Å². The highest BCUT2D eigenvalue weighted by atomic mass is 32.2. The van der Waals surface area contributed by atoms with Crippen molar-refractivity contribution in [1.82, 2.24) is 4.90 Å². The summed E-state index contributed by atoms with van der Waals surface area (Å²) >= 11 is 0. The fourth-order valence-electron chi connectivity index (χ4n) is 2.68. The Morgan fingerprint density at radius 1 is 1.03 bits per heavy atom. The molecule has 2 rings (SSSR count). The number of hydrogen-bond acceptors (Lipinski definition) is 5. The first-order valence-electron chi connectivity index (χ1n) is 8.93. The van der Waals surface area contributed by atoms with Crippen molar-refractivity contribution >= 4 is 16.0 Å². The molecule has 0 saturated carbocycles. The third-order valence-electron chi connectivity index (χ3n) is 4.07. The van der Waals surface area contributed by atoms with Crippen molar-refractivity contribution in [3.05, 3.63) is 65.2 Å². The zero-order valence-corrected chi connectivity index (χ0v) is 17.3. The first kappa shape index (κ1) is 23.7. The SMILES string of the molecule is COCCCN(Cc1ccc(OS(C)(=O)=O)cc1)C(=O)c1ccc(C(F)(F)F)cc1. The molecular formula is C20H22F3NO5S. The maximum Gasteiger partial charge on any atom is 0.416 e. The average Bonchev–Trinajstić information content (AvgIpc) is 2.66. The minimum absolute atomic E-state index is 0.137. The summed E-state index contributed by atoms with van der Waals surface area (Å²) in [7, 11) is -2.12. The minimum atomic E-state index is -4.48. The molecule has 0 bridgehead atoms. The van der Waals surface area contributed by atoms with Crippen LogP contribution in [0.15, 0.2) is 48.5 Å². The molecular weight excluding hydrogens is 423 g/mol. The predicted octanol–water partition coefficient (Wildman–Crippen LogP) is 3.72. The van der Waals surface area contributed by atoms with E-state index in [1.807, 2.05) is 0 Å². The summed E-state index contributed by atoms with van der Waals surface area (Å²) in [5, 5.41) is 0. The third kappa shape index (κ3) is 7.34.